The molecule has 128 valence electrons. The van der Waals surface area contributed by atoms with Gasteiger partial charge < -0.3 is 15.8 Å². The molecule has 0 aromatic rings. The Bertz CT molecular complexity index is 378. The summed E-state index contributed by atoms with van der Waals surface area (Å²) in [5, 5.41) is 3.28. The van der Waals surface area contributed by atoms with Crippen molar-refractivity contribution in [1.82, 2.24) is 5.32 Å². The molecular weight excluding hydrogens is 278 g/mol. The fraction of sp³-hybridized carbons (Fsp3) is 0.882. The maximum Gasteiger partial charge on any atom is 0.309 e. The fourth-order valence-electron chi connectivity index (χ4n) is 2.56. The highest BCUT2D eigenvalue weighted by molar-refractivity contribution is 5.78. The highest BCUT2D eigenvalue weighted by Crippen LogP contribution is 2.26. The van der Waals surface area contributed by atoms with Crippen molar-refractivity contribution in [3.63, 3.8) is 0 Å². The van der Waals surface area contributed by atoms with E-state index in [0.717, 1.165) is 38.6 Å². The van der Waals surface area contributed by atoms with Gasteiger partial charge in [0, 0.05) is 12.6 Å². The van der Waals surface area contributed by atoms with E-state index >= 15 is 0 Å². The number of guanidine groups is 1. The normalized spacial score (nSPS) is 23.5. The average Bonchev–Trinajstić information content (AvgIpc) is 2.37. The topological polar surface area (TPSA) is 76.7 Å². The molecule has 0 aromatic carbocycles. The Hall–Kier alpha value is -1.26. The molecule has 1 aliphatic carbocycles. The molecule has 1 rings (SSSR count). The zero-order chi connectivity index (χ0) is 16.8. The third-order valence-corrected chi connectivity index (χ3v) is 3.81. The van der Waals surface area contributed by atoms with Crippen LogP contribution in [0.25, 0.3) is 0 Å². The molecule has 0 atom stereocenters. The lowest BCUT2D eigenvalue weighted by Crippen LogP contribution is -2.43. The Morgan fingerprint density at radius 1 is 1.27 bits per heavy atom. The highest BCUT2D eigenvalue weighted by atomic mass is 16.6. The molecule has 3 N–H and O–H groups in total. The molecule has 0 aliphatic heterocycles. The summed E-state index contributed by atoms with van der Waals surface area (Å²) in [5.74, 6) is 1.13. The van der Waals surface area contributed by atoms with Crippen LogP contribution in [0.15, 0.2) is 4.99 Å². The molecule has 0 amide bonds. The number of nitrogens with zero attached hydrogens (tertiary/aromatic N) is 1. The first-order chi connectivity index (χ1) is 10.2. The molecule has 1 aliphatic rings. The molecule has 0 unspecified atom stereocenters. The summed E-state index contributed by atoms with van der Waals surface area (Å²) < 4.78 is 5.46. The van der Waals surface area contributed by atoms with Gasteiger partial charge >= 0.3 is 5.97 Å². The minimum Gasteiger partial charge on any atom is -0.460 e. The molecule has 0 radical (unpaired) electrons. The zero-order valence-electron chi connectivity index (χ0n) is 14.8. The van der Waals surface area contributed by atoms with E-state index in [1.807, 2.05) is 20.8 Å². The van der Waals surface area contributed by atoms with Crippen molar-refractivity contribution in [2.75, 3.05) is 6.54 Å². The molecule has 0 spiro atoms. The smallest absolute Gasteiger partial charge is 0.309 e. The van der Waals surface area contributed by atoms with Gasteiger partial charge in [-0.15, -0.1) is 0 Å². The van der Waals surface area contributed by atoms with Crippen LogP contribution < -0.4 is 11.1 Å². The number of esters is 1. The van der Waals surface area contributed by atoms with Crippen LogP contribution in [0.4, 0.5) is 0 Å². The third kappa shape index (κ3) is 7.66. The zero-order valence-corrected chi connectivity index (χ0v) is 14.8. The van der Waals surface area contributed by atoms with Crippen LogP contribution >= 0.6 is 0 Å². The molecule has 0 heterocycles. The van der Waals surface area contributed by atoms with Crippen LogP contribution in [-0.2, 0) is 9.53 Å². The number of ether oxygens (including phenoxy) is 1. The van der Waals surface area contributed by atoms with Gasteiger partial charge in [0.05, 0.1) is 5.92 Å². The SMILES string of the molecule is CC(C)CCN=C(N)NC1CCC(C(=O)OC(C)(C)C)CC1. The first-order valence-corrected chi connectivity index (χ1v) is 8.46. The van der Waals surface area contributed by atoms with E-state index in [0.29, 0.717) is 17.9 Å². The monoisotopic (exact) mass is 311 g/mol. The van der Waals surface area contributed by atoms with Crippen LogP contribution in [0.1, 0.15) is 66.7 Å². The van der Waals surface area contributed by atoms with Crippen LogP contribution in [0.5, 0.6) is 0 Å². The molecular formula is C17H33N3O2. The number of nitrogens with two attached hydrogens (primary N) is 1. The Morgan fingerprint density at radius 2 is 1.86 bits per heavy atom. The van der Waals surface area contributed by atoms with Gasteiger partial charge in [-0.1, -0.05) is 13.8 Å². The summed E-state index contributed by atoms with van der Waals surface area (Å²) in [6.07, 6.45) is 4.63. The number of carbonyl (C=O) groups is 1. The maximum atomic E-state index is 12.1. The Labute approximate surface area is 135 Å². The first-order valence-electron chi connectivity index (χ1n) is 8.46. The predicted molar refractivity (Wildman–Crippen MR) is 90.7 cm³/mol. The summed E-state index contributed by atoms with van der Waals surface area (Å²) in [4.78, 5) is 16.4. The maximum absolute atomic E-state index is 12.1. The lowest BCUT2D eigenvalue weighted by Gasteiger charge is -2.30. The van der Waals surface area contributed by atoms with Crippen molar-refractivity contribution < 1.29 is 9.53 Å². The largest absolute Gasteiger partial charge is 0.460 e. The summed E-state index contributed by atoms with van der Waals surface area (Å²) >= 11 is 0. The van der Waals surface area contributed by atoms with E-state index in [1.54, 1.807) is 0 Å². The minimum absolute atomic E-state index is 0.0244. The second-order valence-corrected chi connectivity index (χ2v) is 7.68. The Kier molecular flexibility index (Phi) is 7.17. The highest BCUT2D eigenvalue weighted by Gasteiger charge is 2.29. The lowest BCUT2D eigenvalue weighted by atomic mass is 9.86. The van der Waals surface area contributed by atoms with E-state index in [1.165, 1.54) is 0 Å². The molecule has 0 bridgehead atoms. The van der Waals surface area contributed by atoms with Crippen LogP contribution in [0.2, 0.25) is 0 Å². The molecule has 5 nitrogen and oxygen atoms in total. The molecule has 1 saturated carbocycles. The number of carbonyl (C=O) groups excluding carboxylic acids is 1. The van der Waals surface area contributed by atoms with Crippen molar-refractivity contribution in [3.05, 3.63) is 0 Å². The minimum atomic E-state index is -0.403. The number of nitrogens with one attached hydrogen (secondary N) is 1. The van der Waals surface area contributed by atoms with E-state index in [9.17, 15) is 4.79 Å². The molecule has 1 fully saturated rings. The third-order valence-electron chi connectivity index (χ3n) is 3.81. The van der Waals surface area contributed by atoms with Gasteiger partial charge in [-0.3, -0.25) is 9.79 Å². The van der Waals surface area contributed by atoms with Gasteiger partial charge in [-0.25, -0.2) is 0 Å². The molecule has 0 aromatic heterocycles. The predicted octanol–water partition coefficient (Wildman–Crippen LogP) is 2.84. The van der Waals surface area contributed by atoms with Gasteiger partial charge in [-0.2, -0.15) is 0 Å². The van der Waals surface area contributed by atoms with Gasteiger partial charge in [0.15, 0.2) is 5.96 Å². The van der Waals surface area contributed by atoms with Crippen molar-refractivity contribution in [3.8, 4) is 0 Å². The number of hydrogen-bond acceptors (Lipinski definition) is 3. The van der Waals surface area contributed by atoms with Crippen molar-refractivity contribution in [2.45, 2.75) is 78.4 Å². The molecule has 5 heteroatoms. The van der Waals surface area contributed by atoms with Crippen LogP contribution in [0, 0.1) is 11.8 Å². The van der Waals surface area contributed by atoms with Gasteiger partial charge in [0.25, 0.3) is 0 Å². The van der Waals surface area contributed by atoms with Gasteiger partial charge in [0.1, 0.15) is 5.60 Å². The number of rotatable bonds is 5. The Balaban J connectivity index is 2.31. The standard InChI is InChI=1S/C17H33N3O2/c1-12(2)10-11-19-16(18)20-14-8-6-13(7-9-14)15(21)22-17(3,4)5/h12-14H,6-11H2,1-5H3,(H3,18,19,20). The van der Waals surface area contributed by atoms with Crippen LogP contribution in [0.3, 0.4) is 0 Å². The van der Waals surface area contributed by atoms with Crippen molar-refractivity contribution in [1.29, 1.82) is 0 Å². The van der Waals surface area contributed by atoms with E-state index in [4.69, 9.17) is 10.5 Å². The van der Waals surface area contributed by atoms with E-state index in [2.05, 4.69) is 24.2 Å². The van der Waals surface area contributed by atoms with Crippen molar-refractivity contribution in [2.24, 2.45) is 22.6 Å². The summed E-state index contributed by atoms with van der Waals surface area (Å²) in [5.41, 5.74) is 5.51. The second-order valence-electron chi connectivity index (χ2n) is 7.68. The van der Waals surface area contributed by atoms with Crippen molar-refractivity contribution >= 4 is 11.9 Å². The number of hydrogen-bond donors (Lipinski definition) is 2. The average molecular weight is 311 g/mol. The van der Waals surface area contributed by atoms with Gasteiger partial charge in [-0.05, 0) is 58.8 Å². The van der Waals surface area contributed by atoms with Gasteiger partial charge in [0.2, 0.25) is 0 Å². The quantitative estimate of drug-likeness (QED) is 0.465. The summed E-state index contributed by atoms with van der Waals surface area (Å²) in [6.45, 7) is 10.9. The second kappa shape index (κ2) is 8.39. The number of aliphatic imine (C=N–C) groups is 1. The molecule has 0 saturated heterocycles. The summed E-state index contributed by atoms with van der Waals surface area (Å²) in [7, 11) is 0. The lowest BCUT2D eigenvalue weighted by molar-refractivity contribution is -0.161. The van der Waals surface area contributed by atoms with E-state index in [-0.39, 0.29) is 11.9 Å². The molecule has 22 heavy (non-hydrogen) atoms. The first kappa shape index (κ1) is 18.8. The Morgan fingerprint density at radius 3 is 2.36 bits per heavy atom. The van der Waals surface area contributed by atoms with Crippen LogP contribution in [-0.4, -0.2) is 30.1 Å². The fourth-order valence-corrected chi connectivity index (χ4v) is 2.56. The summed E-state index contributed by atoms with van der Waals surface area (Å²) in [6, 6.07) is 0.321. The van der Waals surface area contributed by atoms with E-state index < -0.39 is 5.60 Å².